The number of benzene rings is 1. The van der Waals surface area contributed by atoms with Crippen LogP contribution < -0.4 is 0 Å². The van der Waals surface area contributed by atoms with E-state index in [2.05, 4.69) is 0 Å². The Bertz CT molecular complexity index is 688. The highest BCUT2D eigenvalue weighted by molar-refractivity contribution is 7.89. The Kier molecular flexibility index (Phi) is 4.77. The summed E-state index contributed by atoms with van der Waals surface area (Å²) in [5.74, 6) is -0.477. The minimum atomic E-state index is -4.01. The number of rotatable bonds is 4. The lowest BCUT2D eigenvalue weighted by Crippen LogP contribution is -2.43. The number of sulfonamides is 1. The molecule has 1 unspecified atom stereocenters. The summed E-state index contributed by atoms with van der Waals surface area (Å²) in [5.41, 5.74) is -0.461. The van der Waals surface area contributed by atoms with Gasteiger partial charge in [-0.15, -0.1) is 0 Å². The maximum absolute atomic E-state index is 12.6. The summed E-state index contributed by atoms with van der Waals surface area (Å²) in [7, 11) is -4.01. The second-order valence-electron chi connectivity index (χ2n) is 4.96. The third kappa shape index (κ3) is 3.42. The molecule has 22 heavy (non-hydrogen) atoms. The molecule has 9 heteroatoms. The summed E-state index contributed by atoms with van der Waals surface area (Å²) < 4.78 is 31.4. The van der Waals surface area contributed by atoms with Gasteiger partial charge in [0.1, 0.15) is 6.10 Å². The lowest BCUT2D eigenvalue weighted by Gasteiger charge is -2.31. The predicted molar refractivity (Wildman–Crippen MR) is 76.6 cm³/mol. The number of carbonyl (C=O) groups excluding carboxylic acids is 1. The number of esters is 1. The van der Waals surface area contributed by atoms with Crippen LogP contribution in [0.4, 0.5) is 5.69 Å². The lowest BCUT2D eigenvalue weighted by atomic mass is 10.1. The minimum Gasteiger partial charge on any atom is -0.461 e. The molecule has 0 radical (unpaired) electrons. The summed E-state index contributed by atoms with van der Waals surface area (Å²) in [6.07, 6.45) is 0.573. The van der Waals surface area contributed by atoms with E-state index in [1.165, 1.54) is 25.1 Å². The van der Waals surface area contributed by atoms with Crippen molar-refractivity contribution in [1.29, 1.82) is 0 Å². The van der Waals surface area contributed by atoms with Crippen LogP contribution in [0.25, 0.3) is 0 Å². The zero-order chi connectivity index (χ0) is 16.3. The number of carbonyl (C=O) groups is 1. The van der Waals surface area contributed by atoms with Gasteiger partial charge in [0.15, 0.2) is 4.90 Å². The van der Waals surface area contributed by atoms with Gasteiger partial charge in [-0.3, -0.25) is 14.9 Å². The maximum Gasteiger partial charge on any atom is 0.302 e. The number of para-hydroxylation sites is 1. The van der Waals surface area contributed by atoms with E-state index < -0.39 is 32.7 Å². The molecule has 1 atom stereocenters. The fraction of sp³-hybridized carbons (Fsp3) is 0.462. The molecular weight excluding hydrogens is 312 g/mol. The first-order valence-electron chi connectivity index (χ1n) is 6.73. The van der Waals surface area contributed by atoms with Crippen LogP contribution >= 0.6 is 0 Å². The predicted octanol–water partition coefficient (Wildman–Crippen LogP) is 1.31. The van der Waals surface area contributed by atoms with Crippen LogP contribution in [0.1, 0.15) is 19.8 Å². The van der Waals surface area contributed by atoms with E-state index in [0.717, 1.165) is 10.4 Å². The van der Waals surface area contributed by atoms with E-state index >= 15 is 0 Å². The molecule has 0 N–H and O–H groups in total. The molecule has 1 aromatic carbocycles. The van der Waals surface area contributed by atoms with Gasteiger partial charge < -0.3 is 4.74 Å². The highest BCUT2D eigenvalue weighted by Crippen LogP contribution is 2.28. The van der Waals surface area contributed by atoms with Crippen LogP contribution in [0.5, 0.6) is 0 Å². The number of nitro groups is 1. The van der Waals surface area contributed by atoms with Gasteiger partial charge in [0, 0.05) is 19.5 Å². The van der Waals surface area contributed by atoms with Crippen molar-refractivity contribution in [2.45, 2.75) is 30.8 Å². The van der Waals surface area contributed by atoms with Gasteiger partial charge in [0.2, 0.25) is 10.0 Å². The van der Waals surface area contributed by atoms with E-state index in [1.54, 1.807) is 0 Å². The Labute approximate surface area is 127 Å². The average Bonchev–Trinajstić information content (AvgIpc) is 2.46. The van der Waals surface area contributed by atoms with Crippen molar-refractivity contribution in [3.8, 4) is 0 Å². The third-order valence-electron chi connectivity index (χ3n) is 3.35. The molecule has 0 saturated carbocycles. The van der Waals surface area contributed by atoms with Gasteiger partial charge in [-0.25, -0.2) is 8.42 Å². The summed E-state index contributed by atoms with van der Waals surface area (Å²) in [5, 5.41) is 11.0. The second kappa shape index (κ2) is 6.41. The Hall–Kier alpha value is -2.00. The van der Waals surface area contributed by atoms with Crippen LogP contribution in [0.2, 0.25) is 0 Å². The van der Waals surface area contributed by atoms with Gasteiger partial charge in [-0.05, 0) is 18.9 Å². The molecule has 0 amide bonds. The zero-order valence-corrected chi connectivity index (χ0v) is 12.8. The third-order valence-corrected chi connectivity index (χ3v) is 5.27. The van der Waals surface area contributed by atoms with E-state index in [0.29, 0.717) is 12.8 Å². The van der Waals surface area contributed by atoms with Crippen molar-refractivity contribution >= 4 is 21.7 Å². The quantitative estimate of drug-likeness (QED) is 0.468. The molecule has 120 valence electrons. The zero-order valence-electron chi connectivity index (χ0n) is 12.0. The number of hydrogen-bond donors (Lipinski definition) is 0. The average molecular weight is 328 g/mol. The first-order valence-corrected chi connectivity index (χ1v) is 8.17. The van der Waals surface area contributed by atoms with Gasteiger partial charge in [-0.1, -0.05) is 12.1 Å². The van der Waals surface area contributed by atoms with Crippen molar-refractivity contribution < 1.29 is 22.9 Å². The summed E-state index contributed by atoms with van der Waals surface area (Å²) >= 11 is 0. The van der Waals surface area contributed by atoms with Crippen LogP contribution in [0, 0.1) is 10.1 Å². The smallest absolute Gasteiger partial charge is 0.302 e. The van der Waals surface area contributed by atoms with E-state index in [9.17, 15) is 23.3 Å². The van der Waals surface area contributed by atoms with Gasteiger partial charge in [0.05, 0.1) is 11.5 Å². The van der Waals surface area contributed by atoms with Crippen molar-refractivity contribution in [2.75, 3.05) is 13.1 Å². The van der Waals surface area contributed by atoms with Crippen LogP contribution in [0.3, 0.4) is 0 Å². The molecule has 0 aromatic heterocycles. The molecule has 0 spiro atoms. The van der Waals surface area contributed by atoms with Crippen LogP contribution in [0.15, 0.2) is 29.2 Å². The van der Waals surface area contributed by atoms with E-state index in [-0.39, 0.29) is 18.0 Å². The molecule has 8 nitrogen and oxygen atoms in total. The number of nitro benzene ring substituents is 1. The Morgan fingerprint density at radius 2 is 2.09 bits per heavy atom. The molecule has 1 aromatic rings. The Balaban J connectivity index is 2.30. The maximum atomic E-state index is 12.6. The molecule has 1 aliphatic heterocycles. The Morgan fingerprint density at radius 3 is 2.73 bits per heavy atom. The second-order valence-corrected chi connectivity index (χ2v) is 6.87. The fourth-order valence-electron chi connectivity index (χ4n) is 2.42. The summed E-state index contributed by atoms with van der Waals surface area (Å²) in [4.78, 5) is 21.0. The van der Waals surface area contributed by atoms with Crippen molar-refractivity contribution in [3.05, 3.63) is 34.4 Å². The largest absolute Gasteiger partial charge is 0.461 e. The van der Waals surface area contributed by atoms with Gasteiger partial charge in [-0.2, -0.15) is 4.31 Å². The first kappa shape index (κ1) is 16.4. The molecule has 1 fully saturated rings. The van der Waals surface area contributed by atoms with Gasteiger partial charge >= 0.3 is 5.97 Å². The Morgan fingerprint density at radius 1 is 1.41 bits per heavy atom. The summed E-state index contributed by atoms with van der Waals surface area (Å²) in [6.45, 7) is 1.51. The normalized spacial score (nSPS) is 19.6. The molecule has 1 saturated heterocycles. The SMILES string of the molecule is CC(=O)OC1CCCN(S(=O)(=O)c2ccccc2[N+](=O)[O-])C1. The number of piperidine rings is 1. The molecule has 0 aliphatic carbocycles. The molecule has 2 rings (SSSR count). The number of ether oxygens (including phenoxy) is 1. The molecule has 1 heterocycles. The number of nitrogens with zero attached hydrogens (tertiary/aromatic N) is 2. The van der Waals surface area contributed by atoms with E-state index in [1.807, 2.05) is 0 Å². The number of hydrogen-bond acceptors (Lipinski definition) is 6. The highest BCUT2D eigenvalue weighted by Gasteiger charge is 2.35. The minimum absolute atomic E-state index is 0.00790. The van der Waals surface area contributed by atoms with Gasteiger partial charge in [0.25, 0.3) is 5.69 Å². The summed E-state index contributed by atoms with van der Waals surface area (Å²) in [6, 6.07) is 5.21. The molecular formula is C13H16N2O6S. The highest BCUT2D eigenvalue weighted by atomic mass is 32.2. The topological polar surface area (TPSA) is 107 Å². The fourth-order valence-corrected chi connectivity index (χ4v) is 4.09. The van der Waals surface area contributed by atoms with Crippen LogP contribution in [-0.2, 0) is 19.6 Å². The lowest BCUT2D eigenvalue weighted by molar-refractivity contribution is -0.387. The van der Waals surface area contributed by atoms with E-state index in [4.69, 9.17) is 4.74 Å². The molecule has 1 aliphatic rings. The monoisotopic (exact) mass is 328 g/mol. The van der Waals surface area contributed by atoms with Crippen molar-refractivity contribution in [3.63, 3.8) is 0 Å². The van der Waals surface area contributed by atoms with Crippen molar-refractivity contribution in [1.82, 2.24) is 4.31 Å². The first-order chi connectivity index (χ1) is 10.3. The molecule has 0 bridgehead atoms. The van der Waals surface area contributed by atoms with Crippen LogP contribution in [-0.4, -0.2) is 42.8 Å². The standard InChI is InChI=1S/C13H16N2O6S/c1-10(16)21-11-5-4-8-14(9-11)22(19,20)13-7-3-2-6-12(13)15(17)18/h2-3,6-7,11H,4-5,8-9H2,1H3. The van der Waals surface area contributed by atoms with Crippen molar-refractivity contribution in [2.24, 2.45) is 0 Å².